The third-order valence-electron chi connectivity index (χ3n) is 7.27. The molecule has 248 valence electrons. The van der Waals surface area contributed by atoms with Gasteiger partial charge in [0.25, 0.3) is 0 Å². The minimum Gasteiger partial charge on any atom is -0.479 e. The minimum atomic E-state index is -4.43. The van der Waals surface area contributed by atoms with Gasteiger partial charge in [-0.15, -0.1) is 0 Å². The van der Waals surface area contributed by atoms with Gasteiger partial charge in [0, 0.05) is 5.39 Å². The molecule has 4 aromatic rings. The van der Waals surface area contributed by atoms with Crippen LogP contribution in [-0.4, -0.2) is 74.8 Å². The van der Waals surface area contributed by atoms with Crippen molar-refractivity contribution in [3.8, 4) is 11.6 Å². The normalized spacial score (nSPS) is 23.7. The molecule has 14 nitrogen and oxygen atoms in total. The molecule has 16 heteroatoms. The van der Waals surface area contributed by atoms with Crippen LogP contribution in [0.2, 0.25) is 0 Å². The van der Waals surface area contributed by atoms with Gasteiger partial charge in [-0.2, -0.15) is 15.1 Å². The predicted octanol–water partition coefficient (Wildman–Crippen LogP) is 4.33. The molecule has 2 aromatic heterocycles. The predicted molar refractivity (Wildman–Crippen MR) is 167 cm³/mol. The Balaban J connectivity index is 1.40. The fourth-order valence-corrected chi connectivity index (χ4v) is 6.47. The van der Waals surface area contributed by atoms with Gasteiger partial charge in [0.1, 0.15) is 23.5 Å². The number of rotatable bonds is 11. The lowest BCUT2D eigenvalue weighted by Gasteiger charge is -2.26. The summed E-state index contributed by atoms with van der Waals surface area (Å²) in [6.45, 7) is 7.88. The third-order valence-corrected chi connectivity index (χ3v) is 8.90. The lowest BCUT2D eigenvalue weighted by Crippen LogP contribution is -2.42. The Bertz CT molecular complexity index is 1770. The summed E-state index contributed by atoms with van der Waals surface area (Å²) in [7, 11) is -3.05. The summed E-state index contributed by atoms with van der Waals surface area (Å²) in [6.07, 6.45) is -3.53. The van der Waals surface area contributed by atoms with E-state index < -0.39 is 50.5 Å². The molecule has 2 aromatic carbocycles. The van der Waals surface area contributed by atoms with Crippen molar-refractivity contribution >= 4 is 41.6 Å². The van der Waals surface area contributed by atoms with Gasteiger partial charge in [-0.25, -0.2) is 13.9 Å². The van der Waals surface area contributed by atoms with Crippen LogP contribution in [0.4, 0.5) is 10.3 Å². The smallest absolute Gasteiger partial charge is 0.459 e. The first-order valence-electron chi connectivity index (χ1n) is 14.5. The van der Waals surface area contributed by atoms with Crippen LogP contribution in [0.15, 0.2) is 48.8 Å². The highest BCUT2D eigenvalue weighted by Crippen LogP contribution is 2.49. The number of halogens is 1. The molecule has 0 amide bonds. The van der Waals surface area contributed by atoms with E-state index in [4.69, 9.17) is 29.0 Å². The van der Waals surface area contributed by atoms with Gasteiger partial charge in [0.15, 0.2) is 23.6 Å². The Morgan fingerprint density at radius 1 is 1.24 bits per heavy atom. The van der Waals surface area contributed by atoms with Crippen molar-refractivity contribution in [3.05, 3.63) is 48.8 Å². The Kier molecular flexibility index (Phi) is 9.26. The van der Waals surface area contributed by atoms with Crippen LogP contribution in [0.3, 0.4) is 0 Å². The zero-order chi connectivity index (χ0) is 33.4. The van der Waals surface area contributed by atoms with E-state index in [1.165, 1.54) is 31.9 Å². The fourth-order valence-electron chi connectivity index (χ4n) is 4.95. The number of alkyl halides is 1. The van der Waals surface area contributed by atoms with Crippen molar-refractivity contribution < 1.29 is 42.1 Å². The topological polar surface area (TPSA) is 182 Å². The number of carbonyl (C=O) groups is 1. The van der Waals surface area contributed by atoms with Crippen molar-refractivity contribution in [1.29, 1.82) is 0 Å². The Morgan fingerprint density at radius 3 is 2.67 bits per heavy atom. The maximum absolute atomic E-state index is 15.8. The molecule has 1 aliphatic rings. The van der Waals surface area contributed by atoms with Crippen molar-refractivity contribution in [3.63, 3.8) is 0 Å². The number of methoxy groups -OCH3 is 1. The Labute approximate surface area is 264 Å². The molecule has 3 heterocycles. The number of nitrogens with one attached hydrogen (secondary N) is 1. The Morgan fingerprint density at radius 2 is 1.96 bits per heavy atom. The maximum atomic E-state index is 15.8. The summed E-state index contributed by atoms with van der Waals surface area (Å²) in [4.78, 5) is 25.2. The van der Waals surface area contributed by atoms with Crippen LogP contribution in [0.5, 0.6) is 11.6 Å². The molecule has 1 saturated heterocycles. The molecular weight excluding hydrogens is 622 g/mol. The second kappa shape index (κ2) is 12.7. The molecule has 1 aliphatic heterocycles. The number of hydrogen-bond donors (Lipinski definition) is 3. The zero-order valence-electron chi connectivity index (χ0n) is 26.3. The van der Waals surface area contributed by atoms with Gasteiger partial charge in [-0.1, -0.05) is 57.2 Å². The van der Waals surface area contributed by atoms with Gasteiger partial charge < -0.3 is 29.6 Å². The number of esters is 1. The van der Waals surface area contributed by atoms with Crippen LogP contribution in [0, 0.1) is 5.41 Å². The first-order valence-corrected chi connectivity index (χ1v) is 16.1. The average Bonchev–Trinajstić information content (AvgIpc) is 3.51. The molecule has 0 radical (unpaired) electrons. The SMILES string of the molecule is COc1nc(N)nc2c1ncn2[C@@H]1O[C@H](COP(=O)(N[C@@H](C)C(=O)OCC(C)(C)C)Oc2cccc3ccccc23)[C@H](F)[C@@]1(C)O. The summed E-state index contributed by atoms with van der Waals surface area (Å²) in [5.41, 5.74) is 3.75. The number of ether oxygens (including phenoxy) is 3. The van der Waals surface area contributed by atoms with Crippen molar-refractivity contribution in [2.24, 2.45) is 5.41 Å². The van der Waals surface area contributed by atoms with E-state index in [1.54, 1.807) is 24.3 Å². The number of nitrogens with two attached hydrogens (primary N) is 1. The number of nitrogens with zero attached hydrogens (tertiary/aromatic N) is 4. The van der Waals surface area contributed by atoms with Crippen LogP contribution >= 0.6 is 7.75 Å². The van der Waals surface area contributed by atoms with Gasteiger partial charge in [-0.3, -0.25) is 13.9 Å². The fraction of sp³-hybridized carbons (Fsp3) is 0.467. The summed E-state index contributed by atoms with van der Waals surface area (Å²) >= 11 is 0. The van der Waals surface area contributed by atoms with E-state index in [-0.39, 0.29) is 40.8 Å². The standard InChI is InChI=1S/C30H38FN6O8P/c1-17(26(38)42-15-29(2,3)4)36-46(40,45-20-13-9-11-18-10-7-8-12-19(18)20)43-14-21-23(31)30(5,39)27(44-21)37-16-33-22-24(37)34-28(32)35-25(22)41-6/h7-13,16-17,21,23,27,39H,14-15H2,1-6H3,(H,36,40)(H2,32,34,35)/t17-,21+,23-,27+,30+,46?/m0/s1. The molecule has 1 unspecified atom stereocenters. The van der Waals surface area contributed by atoms with E-state index in [9.17, 15) is 14.5 Å². The second-order valence-corrected chi connectivity index (χ2v) is 14.1. The maximum Gasteiger partial charge on any atom is 0.459 e. The number of nitrogen functional groups attached to an aromatic ring is 1. The number of hydrogen-bond acceptors (Lipinski definition) is 12. The molecular formula is C30H38FN6O8P. The van der Waals surface area contributed by atoms with E-state index in [1.807, 2.05) is 39.0 Å². The number of benzene rings is 2. The lowest BCUT2D eigenvalue weighted by molar-refractivity contribution is -0.148. The summed E-state index contributed by atoms with van der Waals surface area (Å²) in [5.74, 6) is -0.529. The first-order chi connectivity index (χ1) is 21.6. The van der Waals surface area contributed by atoms with E-state index in [0.717, 1.165) is 5.39 Å². The van der Waals surface area contributed by atoms with E-state index in [0.29, 0.717) is 5.39 Å². The quantitative estimate of drug-likeness (QED) is 0.153. The van der Waals surface area contributed by atoms with Crippen LogP contribution in [0.25, 0.3) is 21.9 Å². The molecule has 0 aliphatic carbocycles. The van der Waals surface area contributed by atoms with Crippen LogP contribution in [0.1, 0.15) is 40.8 Å². The van der Waals surface area contributed by atoms with Gasteiger partial charge >= 0.3 is 13.7 Å². The van der Waals surface area contributed by atoms with Crippen LogP contribution in [-0.2, 0) is 23.4 Å². The van der Waals surface area contributed by atoms with E-state index >= 15 is 4.39 Å². The number of aromatic nitrogens is 4. The van der Waals surface area contributed by atoms with Gasteiger partial charge in [-0.05, 0) is 30.7 Å². The van der Waals surface area contributed by atoms with Gasteiger partial charge in [0.05, 0.1) is 26.7 Å². The highest BCUT2D eigenvalue weighted by Gasteiger charge is 2.55. The lowest BCUT2D eigenvalue weighted by atomic mass is 9.98. The summed E-state index contributed by atoms with van der Waals surface area (Å²) in [6, 6.07) is 11.3. The van der Waals surface area contributed by atoms with Crippen molar-refractivity contribution in [2.75, 3.05) is 26.1 Å². The largest absolute Gasteiger partial charge is 0.479 e. The number of imidazole rings is 1. The molecule has 46 heavy (non-hydrogen) atoms. The number of fused-ring (bicyclic) bond motifs is 2. The molecule has 1 fully saturated rings. The third kappa shape index (κ3) is 6.93. The van der Waals surface area contributed by atoms with E-state index in [2.05, 4.69) is 20.0 Å². The highest BCUT2D eigenvalue weighted by atomic mass is 31.2. The van der Waals surface area contributed by atoms with Crippen molar-refractivity contribution in [1.82, 2.24) is 24.6 Å². The molecule has 4 N–H and O–H groups in total. The zero-order valence-corrected chi connectivity index (χ0v) is 27.2. The summed E-state index contributed by atoms with van der Waals surface area (Å²) < 4.78 is 59.7. The second-order valence-electron chi connectivity index (χ2n) is 12.5. The van der Waals surface area contributed by atoms with Crippen molar-refractivity contribution in [2.45, 2.75) is 64.8 Å². The monoisotopic (exact) mass is 660 g/mol. The number of carbonyl (C=O) groups excluding carboxylic acids is 1. The molecule has 0 spiro atoms. The first kappa shape index (κ1) is 33.5. The summed E-state index contributed by atoms with van der Waals surface area (Å²) in [5, 5.41) is 15.3. The van der Waals surface area contributed by atoms with Crippen LogP contribution < -0.4 is 20.1 Å². The molecule has 0 saturated carbocycles. The number of aliphatic hydroxyl groups is 1. The molecule has 5 rings (SSSR count). The average molecular weight is 661 g/mol. The molecule has 0 bridgehead atoms. The highest BCUT2D eigenvalue weighted by molar-refractivity contribution is 7.52. The minimum absolute atomic E-state index is 0.0864. The van der Waals surface area contributed by atoms with Gasteiger partial charge in [0.2, 0.25) is 11.8 Å². The Hall–Kier alpha value is -3.88. The molecule has 6 atom stereocenters. The number of anilines is 1.